The topological polar surface area (TPSA) is 37.3 Å². The molecule has 2 nitrogen and oxygen atoms in total. The van der Waals surface area contributed by atoms with Crippen molar-refractivity contribution in [2.45, 2.75) is 0 Å². The molecule has 0 fully saturated rings. The molecule has 5 heteroatoms. The lowest BCUT2D eigenvalue weighted by atomic mass is 10.5. The zero-order chi connectivity index (χ0) is 7.72. The van der Waals surface area contributed by atoms with Gasteiger partial charge in [-0.15, -0.1) is 0 Å². The maximum Gasteiger partial charge on any atom is 0.347 e. The van der Waals surface area contributed by atoms with Crippen LogP contribution in [-0.2, 0) is 0 Å². The number of halogens is 2. The summed E-state index contributed by atoms with van der Waals surface area (Å²) in [5.41, 5.74) is 0. The molecule has 0 unspecified atom stereocenters. The van der Waals surface area contributed by atoms with Crippen molar-refractivity contribution in [3.8, 4) is 0 Å². The van der Waals surface area contributed by atoms with Gasteiger partial charge in [0.2, 0.25) is 0 Å². The fourth-order valence-corrected chi connectivity index (χ4v) is 1.46. The maximum absolute atomic E-state index is 12.2. The van der Waals surface area contributed by atoms with Crippen LogP contribution in [0.4, 0.5) is 4.39 Å². The van der Waals surface area contributed by atoms with E-state index in [4.69, 9.17) is 16.7 Å². The summed E-state index contributed by atoms with van der Waals surface area (Å²) in [7, 11) is 0. The lowest BCUT2D eigenvalue weighted by molar-refractivity contribution is 0.0702. The van der Waals surface area contributed by atoms with E-state index in [9.17, 15) is 9.18 Å². The minimum absolute atomic E-state index is 0.0463. The number of thiophene rings is 1. The molecule has 1 aromatic heterocycles. The third-order valence-corrected chi connectivity index (χ3v) is 2.17. The first-order valence-electron chi connectivity index (χ1n) is 2.29. The predicted octanol–water partition coefficient (Wildman–Crippen LogP) is 2.24. The molecule has 0 aliphatic rings. The lowest BCUT2D eigenvalue weighted by Gasteiger charge is -1.83. The number of carboxylic acids is 1. The third kappa shape index (κ3) is 1.27. The smallest absolute Gasteiger partial charge is 0.347 e. The molecule has 0 aromatic carbocycles. The van der Waals surface area contributed by atoms with Crippen LogP contribution in [-0.4, -0.2) is 11.1 Å². The molecule has 0 saturated heterocycles. The van der Waals surface area contributed by atoms with E-state index in [2.05, 4.69) is 0 Å². The summed E-state index contributed by atoms with van der Waals surface area (Å²) in [5.74, 6) is -1.20. The van der Waals surface area contributed by atoms with Gasteiger partial charge in [-0.1, -0.05) is 22.9 Å². The van der Waals surface area contributed by atoms with Crippen molar-refractivity contribution in [2.24, 2.45) is 0 Å². The Morgan fingerprint density at radius 2 is 2.40 bits per heavy atom. The number of carboxylic acid groups (broad SMARTS) is 1. The van der Waals surface area contributed by atoms with E-state index in [-0.39, 0.29) is 9.90 Å². The summed E-state index contributed by atoms with van der Waals surface area (Å²) in [6.07, 6.45) is 0. The number of hydrogen-bond donors (Lipinski definition) is 1. The zero-order valence-electron chi connectivity index (χ0n) is 4.60. The van der Waals surface area contributed by atoms with Crippen molar-refractivity contribution in [2.75, 3.05) is 0 Å². The van der Waals surface area contributed by atoms with Gasteiger partial charge in [0.05, 0.1) is 5.02 Å². The lowest BCUT2D eigenvalue weighted by Crippen LogP contribution is -1.91. The highest BCUT2D eigenvalue weighted by molar-refractivity contribution is 7.13. The number of aromatic carboxylic acids is 1. The molecule has 0 amide bonds. The van der Waals surface area contributed by atoms with E-state index >= 15 is 0 Å². The summed E-state index contributed by atoms with van der Waals surface area (Å²) < 4.78 is 12.2. The van der Waals surface area contributed by atoms with Crippen molar-refractivity contribution in [3.05, 3.63) is 21.1 Å². The van der Waals surface area contributed by atoms with E-state index in [0.29, 0.717) is 11.3 Å². The molecule has 0 spiro atoms. The number of rotatable bonds is 1. The van der Waals surface area contributed by atoms with Crippen LogP contribution < -0.4 is 0 Å². The Labute approximate surface area is 64.9 Å². The van der Waals surface area contributed by atoms with Crippen LogP contribution in [0.5, 0.6) is 0 Å². The van der Waals surface area contributed by atoms with Crippen LogP contribution in [0, 0.1) is 5.13 Å². The first-order valence-corrected chi connectivity index (χ1v) is 3.49. The van der Waals surface area contributed by atoms with Gasteiger partial charge in [-0.05, 0) is 0 Å². The Balaban J connectivity index is 3.15. The summed E-state index contributed by atoms with van der Waals surface area (Å²) in [4.78, 5) is 10.0. The Morgan fingerprint density at radius 1 is 1.80 bits per heavy atom. The molecule has 0 aliphatic carbocycles. The largest absolute Gasteiger partial charge is 0.477 e. The van der Waals surface area contributed by atoms with Gasteiger partial charge in [-0.3, -0.25) is 0 Å². The average molecular weight is 181 g/mol. The average Bonchev–Trinajstić information content (AvgIpc) is 2.10. The molecule has 1 rings (SSSR count). The minimum Gasteiger partial charge on any atom is -0.477 e. The highest BCUT2D eigenvalue weighted by atomic mass is 35.5. The molecule has 0 atom stereocenters. The fraction of sp³-hybridized carbons (Fsp3) is 0. The van der Waals surface area contributed by atoms with Crippen molar-refractivity contribution in [1.82, 2.24) is 0 Å². The SMILES string of the molecule is O=C(O)c1sc(F)cc1Cl. The van der Waals surface area contributed by atoms with E-state index in [1.807, 2.05) is 0 Å². The molecule has 1 heterocycles. The first kappa shape index (κ1) is 7.50. The van der Waals surface area contributed by atoms with Gasteiger partial charge in [0.15, 0.2) is 5.13 Å². The standard InChI is InChI=1S/C5H2ClFO2S/c6-2-1-3(7)10-4(2)5(8)9/h1H,(H,8,9). The molecule has 0 saturated carbocycles. The number of carbonyl (C=O) groups is 1. The monoisotopic (exact) mass is 180 g/mol. The van der Waals surface area contributed by atoms with Crippen LogP contribution in [0.1, 0.15) is 9.67 Å². The van der Waals surface area contributed by atoms with Crippen LogP contribution >= 0.6 is 22.9 Å². The van der Waals surface area contributed by atoms with Crippen molar-refractivity contribution in [1.29, 1.82) is 0 Å². The molecule has 1 aromatic rings. The Bertz CT molecular complexity index is 271. The maximum atomic E-state index is 12.2. The molecule has 0 aliphatic heterocycles. The molecule has 10 heavy (non-hydrogen) atoms. The van der Waals surface area contributed by atoms with Crippen LogP contribution in [0.15, 0.2) is 6.07 Å². The second-order valence-corrected chi connectivity index (χ2v) is 2.94. The molecule has 0 radical (unpaired) electrons. The molecular formula is C5H2ClFO2S. The molecule has 54 valence electrons. The molecule has 0 bridgehead atoms. The predicted molar refractivity (Wildman–Crippen MR) is 36.2 cm³/mol. The Morgan fingerprint density at radius 3 is 2.60 bits per heavy atom. The van der Waals surface area contributed by atoms with Gasteiger partial charge >= 0.3 is 5.97 Å². The van der Waals surface area contributed by atoms with E-state index < -0.39 is 11.1 Å². The van der Waals surface area contributed by atoms with Crippen LogP contribution in [0.25, 0.3) is 0 Å². The van der Waals surface area contributed by atoms with Gasteiger partial charge in [0.1, 0.15) is 4.88 Å². The van der Waals surface area contributed by atoms with E-state index in [1.165, 1.54) is 0 Å². The Kier molecular flexibility index (Phi) is 1.92. The highest BCUT2D eigenvalue weighted by Gasteiger charge is 2.12. The van der Waals surface area contributed by atoms with Crippen LogP contribution in [0.3, 0.4) is 0 Å². The van der Waals surface area contributed by atoms with Gasteiger partial charge in [-0.2, -0.15) is 4.39 Å². The summed E-state index contributed by atoms with van der Waals surface area (Å²) in [6, 6.07) is 0.982. The third-order valence-electron chi connectivity index (χ3n) is 0.851. The van der Waals surface area contributed by atoms with Gasteiger partial charge < -0.3 is 5.11 Å². The molecule has 1 N–H and O–H groups in total. The minimum atomic E-state index is -1.20. The number of hydrogen-bond acceptors (Lipinski definition) is 2. The zero-order valence-corrected chi connectivity index (χ0v) is 6.17. The quantitative estimate of drug-likeness (QED) is 0.720. The second kappa shape index (κ2) is 2.56. The summed E-state index contributed by atoms with van der Waals surface area (Å²) in [5, 5.41) is 7.71. The van der Waals surface area contributed by atoms with Crippen molar-refractivity contribution >= 4 is 28.9 Å². The normalized spacial score (nSPS) is 9.80. The summed E-state index contributed by atoms with van der Waals surface area (Å²) >= 11 is 5.85. The van der Waals surface area contributed by atoms with Gasteiger partial charge in [0.25, 0.3) is 0 Å². The van der Waals surface area contributed by atoms with E-state index in [1.54, 1.807) is 0 Å². The fourth-order valence-electron chi connectivity index (χ4n) is 0.487. The Hall–Kier alpha value is -0.610. The van der Waals surface area contributed by atoms with Gasteiger partial charge in [0, 0.05) is 6.07 Å². The second-order valence-electron chi connectivity index (χ2n) is 1.53. The van der Waals surface area contributed by atoms with Crippen molar-refractivity contribution in [3.63, 3.8) is 0 Å². The summed E-state index contributed by atoms with van der Waals surface area (Å²) in [6.45, 7) is 0. The van der Waals surface area contributed by atoms with Gasteiger partial charge in [-0.25, -0.2) is 4.79 Å². The van der Waals surface area contributed by atoms with Crippen molar-refractivity contribution < 1.29 is 14.3 Å². The van der Waals surface area contributed by atoms with Crippen LogP contribution in [0.2, 0.25) is 5.02 Å². The first-order chi connectivity index (χ1) is 4.61. The highest BCUT2D eigenvalue weighted by Crippen LogP contribution is 2.25. The molecular weight excluding hydrogens is 179 g/mol. The van der Waals surface area contributed by atoms with E-state index in [0.717, 1.165) is 6.07 Å².